The van der Waals surface area contributed by atoms with Crippen molar-refractivity contribution in [2.45, 2.75) is 18.7 Å². The lowest BCUT2D eigenvalue weighted by Gasteiger charge is -2.12. The number of aryl methyl sites for hydroxylation is 2. The van der Waals surface area contributed by atoms with Gasteiger partial charge in [-0.1, -0.05) is 22.0 Å². The normalized spacial score (nSPS) is 12.8. The quantitative estimate of drug-likeness (QED) is 0.556. The lowest BCUT2D eigenvalue weighted by Crippen LogP contribution is -2.01. The molecule has 0 bridgehead atoms. The Kier molecular flexibility index (Phi) is 4.24. The van der Waals surface area contributed by atoms with E-state index >= 15 is 0 Å². The Balaban J connectivity index is 2.52. The first-order chi connectivity index (χ1) is 8.41. The van der Waals surface area contributed by atoms with Gasteiger partial charge in [-0.2, -0.15) is 0 Å². The maximum Gasteiger partial charge on any atom is 0.133 e. The minimum atomic E-state index is -0.526. The van der Waals surface area contributed by atoms with E-state index < -0.39 is 16.5 Å². The molecule has 0 amide bonds. The van der Waals surface area contributed by atoms with Gasteiger partial charge in [-0.25, -0.2) is 8.78 Å². The van der Waals surface area contributed by atoms with Crippen LogP contribution in [0.3, 0.4) is 0 Å². The van der Waals surface area contributed by atoms with Crippen molar-refractivity contribution in [3.05, 3.63) is 55.2 Å². The molecular formula is C13H10Br2F2S. The molecule has 1 unspecified atom stereocenters. The van der Waals surface area contributed by atoms with Crippen LogP contribution in [0.1, 0.15) is 26.4 Å². The maximum absolute atomic E-state index is 14.0. The fourth-order valence-corrected chi connectivity index (χ4v) is 4.05. The average Bonchev–Trinajstić information content (AvgIpc) is 2.65. The number of rotatable bonds is 2. The first kappa shape index (κ1) is 14.2. The van der Waals surface area contributed by atoms with E-state index in [1.165, 1.54) is 23.5 Å². The third-order valence-electron chi connectivity index (χ3n) is 2.70. The highest BCUT2D eigenvalue weighted by Gasteiger charge is 2.22. The van der Waals surface area contributed by atoms with Gasteiger partial charge in [-0.15, -0.1) is 11.3 Å². The molecule has 1 heterocycles. The highest BCUT2D eigenvalue weighted by molar-refractivity contribution is 9.11. The van der Waals surface area contributed by atoms with E-state index in [1.807, 2.05) is 13.0 Å². The zero-order valence-corrected chi connectivity index (χ0v) is 13.7. The van der Waals surface area contributed by atoms with Crippen molar-refractivity contribution in [3.8, 4) is 0 Å². The van der Waals surface area contributed by atoms with Crippen molar-refractivity contribution >= 4 is 43.2 Å². The zero-order valence-electron chi connectivity index (χ0n) is 9.73. The van der Waals surface area contributed by atoms with Crippen molar-refractivity contribution in [1.82, 2.24) is 0 Å². The highest BCUT2D eigenvalue weighted by atomic mass is 79.9. The molecule has 18 heavy (non-hydrogen) atoms. The average molecular weight is 396 g/mol. The molecule has 0 radical (unpaired) electrons. The molecule has 0 aliphatic heterocycles. The predicted molar refractivity (Wildman–Crippen MR) is 78.6 cm³/mol. The summed E-state index contributed by atoms with van der Waals surface area (Å²) in [5.41, 5.74) is 1.58. The summed E-state index contributed by atoms with van der Waals surface area (Å²) in [4.78, 5) is 0.412. The highest BCUT2D eigenvalue weighted by Crippen LogP contribution is 2.41. The van der Waals surface area contributed by atoms with Crippen molar-refractivity contribution in [2.75, 3.05) is 0 Å². The molecule has 1 aromatic carbocycles. The Morgan fingerprint density at radius 3 is 2.39 bits per heavy atom. The molecule has 96 valence electrons. The fraction of sp³-hybridized carbons (Fsp3) is 0.231. The van der Waals surface area contributed by atoms with Crippen LogP contribution in [0.2, 0.25) is 0 Å². The second-order valence-corrected chi connectivity index (χ2v) is 7.38. The summed E-state index contributed by atoms with van der Waals surface area (Å²) in [7, 11) is 0. The van der Waals surface area contributed by atoms with Crippen molar-refractivity contribution in [2.24, 2.45) is 0 Å². The minimum Gasteiger partial charge on any atom is -0.207 e. The van der Waals surface area contributed by atoms with Crippen LogP contribution in [-0.2, 0) is 0 Å². The monoisotopic (exact) mass is 394 g/mol. The van der Waals surface area contributed by atoms with Crippen molar-refractivity contribution in [3.63, 3.8) is 0 Å². The Morgan fingerprint density at radius 1 is 1.17 bits per heavy atom. The number of hydrogen-bond donors (Lipinski definition) is 0. The zero-order chi connectivity index (χ0) is 13.4. The van der Waals surface area contributed by atoms with Gasteiger partial charge in [0.1, 0.15) is 11.6 Å². The first-order valence-electron chi connectivity index (χ1n) is 5.26. The van der Waals surface area contributed by atoms with Crippen LogP contribution in [0.5, 0.6) is 0 Å². The molecule has 1 aromatic heterocycles. The summed E-state index contributed by atoms with van der Waals surface area (Å²) in [5, 5.41) is 0. The van der Waals surface area contributed by atoms with Gasteiger partial charge in [-0.3, -0.25) is 0 Å². The van der Waals surface area contributed by atoms with Crippen LogP contribution >= 0.6 is 43.2 Å². The SMILES string of the molecule is Cc1cc(C(Br)c2c(F)ccc(C)c2F)sc1Br. The summed E-state index contributed by atoms with van der Waals surface area (Å²) in [6.07, 6.45) is 0. The second-order valence-electron chi connectivity index (χ2n) is 4.06. The van der Waals surface area contributed by atoms with Crippen molar-refractivity contribution < 1.29 is 8.78 Å². The molecule has 0 N–H and O–H groups in total. The maximum atomic E-state index is 14.0. The molecule has 2 aromatic rings. The number of hydrogen-bond acceptors (Lipinski definition) is 1. The summed E-state index contributed by atoms with van der Waals surface area (Å²) >= 11 is 8.28. The minimum absolute atomic E-state index is 0.0729. The van der Waals surface area contributed by atoms with Gasteiger partial charge in [0.2, 0.25) is 0 Å². The Hall–Kier alpha value is -0.260. The van der Waals surface area contributed by atoms with Gasteiger partial charge in [0, 0.05) is 10.4 Å². The van der Waals surface area contributed by atoms with E-state index in [9.17, 15) is 8.78 Å². The Bertz CT molecular complexity index is 573. The summed E-state index contributed by atoms with van der Waals surface area (Å²) in [6, 6.07) is 4.68. The predicted octanol–water partition coefficient (Wildman–Crippen LogP) is 5.89. The van der Waals surface area contributed by atoms with E-state index in [2.05, 4.69) is 31.9 Å². The van der Waals surface area contributed by atoms with E-state index in [1.54, 1.807) is 6.92 Å². The summed E-state index contributed by atoms with van der Waals surface area (Å²) < 4.78 is 28.8. The number of benzene rings is 1. The van der Waals surface area contributed by atoms with Crippen molar-refractivity contribution in [1.29, 1.82) is 0 Å². The molecule has 0 nitrogen and oxygen atoms in total. The third-order valence-corrected chi connectivity index (χ3v) is 6.15. The number of thiophene rings is 1. The number of alkyl halides is 1. The van der Waals surface area contributed by atoms with E-state index in [4.69, 9.17) is 0 Å². The van der Waals surface area contributed by atoms with Crippen LogP contribution < -0.4 is 0 Å². The molecule has 0 aliphatic rings. The van der Waals surface area contributed by atoms with Gasteiger partial charge in [0.15, 0.2) is 0 Å². The number of halogens is 4. The summed E-state index contributed by atoms with van der Waals surface area (Å²) in [6.45, 7) is 3.58. The van der Waals surface area contributed by atoms with Crippen LogP contribution in [0, 0.1) is 25.5 Å². The van der Waals surface area contributed by atoms with E-state index in [0.29, 0.717) is 5.56 Å². The molecule has 0 saturated heterocycles. The molecule has 0 saturated carbocycles. The third kappa shape index (κ3) is 2.53. The van der Waals surface area contributed by atoms with Crippen LogP contribution in [0.4, 0.5) is 8.78 Å². The lowest BCUT2D eigenvalue weighted by molar-refractivity contribution is 0.556. The summed E-state index contributed by atoms with van der Waals surface area (Å²) in [5.74, 6) is -1.01. The Labute approximate surface area is 125 Å². The van der Waals surface area contributed by atoms with E-state index in [-0.39, 0.29) is 5.56 Å². The van der Waals surface area contributed by atoms with Gasteiger partial charge >= 0.3 is 0 Å². The first-order valence-corrected chi connectivity index (χ1v) is 7.78. The van der Waals surface area contributed by atoms with Gasteiger partial charge in [0.25, 0.3) is 0 Å². The molecule has 2 rings (SSSR count). The molecule has 0 spiro atoms. The van der Waals surface area contributed by atoms with Gasteiger partial charge in [0.05, 0.1) is 8.61 Å². The van der Waals surface area contributed by atoms with Crippen LogP contribution in [0.15, 0.2) is 22.0 Å². The van der Waals surface area contributed by atoms with Gasteiger partial charge in [-0.05, 0) is 53.0 Å². The smallest absolute Gasteiger partial charge is 0.133 e. The van der Waals surface area contributed by atoms with E-state index in [0.717, 1.165) is 14.2 Å². The standard InChI is InChI=1S/C13H10Br2F2S/c1-6-3-4-8(16)10(12(6)17)11(14)9-5-7(2)13(15)18-9/h3-5,11H,1-2H3. The van der Waals surface area contributed by atoms with Crippen LogP contribution in [0.25, 0.3) is 0 Å². The lowest BCUT2D eigenvalue weighted by atomic mass is 10.1. The molecule has 5 heteroatoms. The van der Waals surface area contributed by atoms with Gasteiger partial charge < -0.3 is 0 Å². The van der Waals surface area contributed by atoms with Crippen LogP contribution in [-0.4, -0.2) is 0 Å². The molecular weight excluding hydrogens is 386 g/mol. The fourth-order valence-electron chi connectivity index (χ4n) is 1.66. The second kappa shape index (κ2) is 5.39. The Morgan fingerprint density at radius 2 is 1.83 bits per heavy atom. The molecule has 0 aliphatic carbocycles. The molecule has 0 fully saturated rings. The largest absolute Gasteiger partial charge is 0.207 e. The topological polar surface area (TPSA) is 0 Å². The molecule has 1 atom stereocenters.